The van der Waals surface area contributed by atoms with Gasteiger partial charge in [0.05, 0.1) is 11.3 Å². The van der Waals surface area contributed by atoms with Crippen LogP contribution in [-0.2, 0) is 0 Å². The molecule has 0 fully saturated rings. The zero-order valence-corrected chi connectivity index (χ0v) is 13.6. The summed E-state index contributed by atoms with van der Waals surface area (Å²) in [6, 6.07) is 16.0. The van der Waals surface area contributed by atoms with Crippen molar-refractivity contribution < 1.29 is 27.8 Å². The molecule has 4 nitrogen and oxygen atoms in total. The molecule has 0 radical (unpaired) electrons. The Morgan fingerprint density at radius 1 is 1.04 bits per heavy atom. The third-order valence-corrected chi connectivity index (χ3v) is 3.88. The number of nitrogens with zero attached hydrogens (tertiary/aromatic N) is 1. The van der Waals surface area contributed by atoms with E-state index in [0.29, 0.717) is 17.1 Å². The zero-order valence-electron chi connectivity index (χ0n) is 13.6. The maximum atomic E-state index is 12.3. The van der Waals surface area contributed by atoms with Crippen LogP contribution in [0.3, 0.4) is 0 Å². The van der Waals surface area contributed by atoms with E-state index in [9.17, 15) is 23.1 Å². The highest BCUT2D eigenvalue weighted by atomic mass is 19.4. The zero-order chi connectivity index (χ0) is 18.9. The molecule has 0 amide bonds. The van der Waals surface area contributed by atoms with E-state index < -0.39 is 12.3 Å². The Morgan fingerprint density at radius 3 is 2.19 bits per heavy atom. The number of hydrogen-bond donors (Lipinski definition) is 1. The number of aromatic nitrogens is 1. The molecule has 1 heterocycles. The second-order valence-corrected chi connectivity index (χ2v) is 5.58. The number of rotatable bonds is 4. The van der Waals surface area contributed by atoms with Crippen LogP contribution in [0.25, 0.3) is 16.9 Å². The molecule has 0 aliphatic heterocycles. The van der Waals surface area contributed by atoms with E-state index in [2.05, 4.69) is 4.74 Å². The van der Waals surface area contributed by atoms with Crippen LogP contribution in [0.5, 0.6) is 5.75 Å². The summed E-state index contributed by atoms with van der Waals surface area (Å²) in [6.45, 7) is 1.65. The number of carboxylic acid groups (broad SMARTS) is 1. The van der Waals surface area contributed by atoms with Crippen LogP contribution in [0.15, 0.2) is 60.7 Å². The smallest absolute Gasteiger partial charge is 0.478 e. The largest absolute Gasteiger partial charge is 0.573 e. The van der Waals surface area contributed by atoms with Gasteiger partial charge in [-0.15, -0.1) is 13.2 Å². The van der Waals surface area contributed by atoms with Crippen LogP contribution in [0.1, 0.15) is 16.1 Å². The number of ether oxygens (including phenoxy) is 1. The molecule has 2 aromatic carbocycles. The van der Waals surface area contributed by atoms with Gasteiger partial charge in [0, 0.05) is 11.4 Å². The predicted molar refractivity (Wildman–Crippen MR) is 89.6 cm³/mol. The van der Waals surface area contributed by atoms with Gasteiger partial charge < -0.3 is 14.4 Å². The molecule has 0 bridgehead atoms. The lowest BCUT2D eigenvalue weighted by Gasteiger charge is -2.14. The fraction of sp³-hybridized carbons (Fsp3) is 0.105. The Kier molecular flexibility index (Phi) is 4.46. The first-order chi connectivity index (χ1) is 12.3. The van der Waals surface area contributed by atoms with Gasteiger partial charge in [0.15, 0.2) is 0 Å². The minimum Gasteiger partial charge on any atom is -0.478 e. The molecule has 7 heteroatoms. The Labute approximate surface area is 147 Å². The van der Waals surface area contributed by atoms with Crippen molar-refractivity contribution in [1.29, 1.82) is 0 Å². The number of halogens is 3. The van der Waals surface area contributed by atoms with Crippen LogP contribution >= 0.6 is 0 Å². The number of benzene rings is 2. The summed E-state index contributed by atoms with van der Waals surface area (Å²) in [5.74, 6) is -1.42. The minimum atomic E-state index is -4.77. The number of alkyl halides is 3. The summed E-state index contributed by atoms with van der Waals surface area (Å²) < 4.78 is 42.5. The third-order valence-electron chi connectivity index (χ3n) is 3.88. The van der Waals surface area contributed by atoms with E-state index in [-0.39, 0.29) is 11.3 Å². The topological polar surface area (TPSA) is 51.5 Å². The predicted octanol–water partition coefficient (Wildman–Crippen LogP) is 5.05. The minimum absolute atomic E-state index is 0.125. The second kappa shape index (κ2) is 6.59. The van der Waals surface area contributed by atoms with Gasteiger partial charge in [-0.2, -0.15) is 0 Å². The first kappa shape index (κ1) is 17.6. The van der Waals surface area contributed by atoms with Gasteiger partial charge in [-0.05, 0) is 42.8 Å². The van der Waals surface area contributed by atoms with Gasteiger partial charge in [-0.25, -0.2) is 4.79 Å². The lowest BCUT2D eigenvalue weighted by atomic mass is 10.1. The normalized spacial score (nSPS) is 11.4. The number of carboxylic acids is 1. The van der Waals surface area contributed by atoms with Gasteiger partial charge in [0.2, 0.25) is 0 Å². The summed E-state index contributed by atoms with van der Waals surface area (Å²) in [4.78, 5) is 11.5. The van der Waals surface area contributed by atoms with E-state index >= 15 is 0 Å². The fourth-order valence-corrected chi connectivity index (χ4v) is 2.77. The monoisotopic (exact) mass is 361 g/mol. The lowest BCUT2D eigenvalue weighted by Crippen LogP contribution is -2.17. The quantitative estimate of drug-likeness (QED) is 0.707. The van der Waals surface area contributed by atoms with E-state index in [1.807, 2.05) is 30.3 Å². The Bertz CT molecular complexity index is 929. The van der Waals surface area contributed by atoms with Crippen molar-refractivity contribution in [2.24, 2.45) is 0 Å². The molecule has 0 spiro atoms. The number of aromatic carboxylic acids is 1. The third kappa shape index (κ3) is 3.56. The van der Waals surface area contributed by atoms with E-state index in [1.165, 1.54) is 24.3 Å². The maximum absolute atomic E-state index is 12.3. The van der Waals surface area contributed by atoms with E-state index in [1.54, 1.807) is 17.6 Å². The molecule has 3 rings (SSSR count). The summed E-state index contributed by atoms with van der Waals surface area (Å²) in [6.07, 6.45) is -4.77. The van der Waals surface area contributed by atoms with Crippen molar-refractivity contribution in [3.8, 4) is 22.7 Å². The molecule has 0 aliphatic rings. The Balaban J connectivity index is 2.10. The van der Waals surface area contributed by atoms with Crippen molar-refractivity contribution in [2.45, 2.75) is 13.3 Å². The summed E-state index contributed by atoms with van der Waals surface area (Å²) >= 11 is 0. The molecule has 0 unspecified atom stereocenters. The van der Waals surface area contributed by atoms with Crippen LogP contribution in [0.2, 0.25) is 0 Å². The van der Waals surface area contributed by atoms with Crippen LogP contribution in [0.4, 0.5) is 13.2 Å². The van der Waals surface area contributed by atoms with Crippen LogP contribution in [-0.4, -0.2) is 22.0 Å². The molecule has 0 atom stereocenters. The first-order valence-corrected chi connectivity index (χ1v) is 7.63. The molecular formula is C19H14F3NO3. The molecule has 3 aromatic rings. The lowest BCUT2D eigenvalue weighted by molar-refractivity contribution is -0.274. The van der Waals surface area contributed by atoms with Gasteiger partial charge in [-0.3, -0.25) is 0 Å². The van der Waals surface area contributed by atoms with Crippen molar-refractivity contribution in [2.75, 3.05) is 0 Å². The highest BCUT2D eigenvalue weighted by Crippen LogP contribution is 2.31. The van der Waals surface area contributed by atoms with Gasteiger partial charge >= 0.3 is 12.3 Å². The molecule has 26 heavy (non-hydrogen) atoms. The molecule has 0 aliphatic carbocycles. The van der Waals surface area contributed by atoms with Crippen molar-refractivity contribution in [1.82, 2.24) is 4.57 Å². The molecular weight excluding hydrogens is 347 g/mol. The maximum Gasteiger partial charge on any atom is 0.573 e. The Morgan fingerprint density at radius 2 is 1.65 bits per heavy atom. The van der Waals surface area contributed by atoms with Crippen LogP contribution in [0, 0.1) is 6.92 Å². The van der Waals surface area contributed by atoms with E-state index in [0.717, 1.165) is 5.56 Å². The highest BCUT2D eigenvalue weighted by Gasteiger charge is 2.31. The first-order valence-electron chi connectivity index (χ1n) is 7.63. The van der Waals surface area contributed by atoms with Crippen molar-refractivity contribution >= 4 is 5.97 Å². The molecule has 134 valence electrons. The average Bonchev–Trinajstić information content (AvgIpc) is 2.93. The number of hydrogen-bond acceptors (Lipinski definition) is 2. The molecule has 1 aromatic heterocycles. The summed E-state index contributed by atoms with van der Waals surface area (Å²) in [5, 5.41) is 9.41. The molecule has 1 N–H and O–H groups in total. The fourth-order valence-electron chi connectivity index (χ4n) is 2.77. The summed E-state index contributed by atoms with van der Waals surface area (Å²) in [5.41, 5.74) is 2.55. The number of carbonyl (C=O) groups is 1. The highest BCUT2D eigenvalue weighted by molar-refractivity contribution is 5.91. The Hall–Kier alpha value is -3.22. The van der Waals surface area contributed by atoms with Gasteiger partial charge in [0.1, 0.15) is 5.75 Å². The van der Waals surface area contributed by atoms with Gasteiger partial charge in [-0.1, -0.05) is 30.3 Å². The van der Waals surface area contributed by atoms with Crippen molar-refractivity contribution in [3.05, 3.63) is 71.9 Å². The molecule has 0 saturated carbocycles. The van der Waals surface area contributed by atoms with Gasteiger partial charge in [0.25, 0.3) is 0 Å². The second-order valence-electron chi connectivity index (χ2n) is 5.58. The summed E-state index contributed by atoms with van der Waals surface area (Å²) in [7, 11) is 0. The van der Waals surface area contributed by atoms with E-state index in [4.69, 9.17) is 0 Å². The standard InChI is InChI=1S/C19H14F3NO3/c1-12-16(18(24)25)11-17(13-5-3-2-4-6-13)23(12)14-7-9-15(10-8-14)26-19(20,21)22/h2-11H,1H3,(H,24,25). The SMILES string of the molecule is Cc1c(C(=O)O)cc(-c2ccccc2)n1-c1ccc(OC(F)(F)F)cc1. The van der Waals surface area contributed by atoms with Crippen molar-refractivity contribution in [3.63, 3.8) is 0 Å². The molecule has 0 saturated heterocycles. The average molecular weight is 361 g/mol. The van der Waals surface area contributed by atoms with Crippen LogP contribution < -0.4 is 4.74 Å².